The van der Waals surface area contributed by atoms with Crippen molar-refractivity contribution in [2.24, 2.45) is 19.8 Å². The molecule has 3 N–H and O–H groups in total. The monoisotopic (exact) mass is 409 g/mol. The Morgan fingerprint density at radius 1 is 1.13 bits per heavy atom. The smallest absolute Gasteiger partial charge is 0.305 e. The molecule has 4 aromatic rings. The van der Waals surface area contributed by atoms with Crippen molar-refractivity contribution in [1.29, 1.82) is 0 Å². The van der Waals surface area contributed by atoms with Gasteiger partial charge in [-0.05, 0) is 19.1 Å². The number of aryl methyl sites for hydroxylation is 4. The fourth-order valence-corrected chi connectivity index (χ4v) is 3.24. The van der Waals surface area contributed by atoms with Crippen LogP contribution in [0.25, 0.3) is 33.9 Å². The highest BCUT2D eigenvalue weighted by molar-refractivity contribution is 5.99. The third-order valence-corrected chi connectivity index (χ3v) is 4.64. The maximum absolute atomic E-state index is 11.8. The number of amides is 1. The van der Waals surface area contributed by atoms with E-state index >= 15 is 0 Å². The van der Waals surface area contributed by atoms with Gasteiger partial charge in [0.15, 0.2) is 11.6 Å². The van der Waals surface area contributed by atoms with E-state index in [2.05, 4.69) is 25.3 Å². The van der Waals surface area contributed by atoms with E-state index in [9.17, 15) is 9.59 Å². The van der Waals surface area contributed by atoms with Crippen LogP contribution < -0.4 is 5.73 Å². The molecule has 1 amide bonds. The number of aromatic nitrogens is 8. The normalized spacial score (nSPS) is 11.3. The molecular formula is C18H19N9O3. The average molecular weight is 409 g/mol. The van der Waals surface area contributed by atoms with E-state index in [0.29, 0.717) is 39.6 Å². The Morgan fingerprint density at radius 2 is 1.90 bits per heavy atom. The van der Waals surface area contributed by atoms with Gasteiger partial charge in [0.25, 0.3) is 5.91 Å². The fraction of sp³-hybridized carbons (Fsp3) is 0.278. The Kier molecular flexibility index (Phi) is 4.53. The number of fused-ring (bicyclic) bond motifs is 1. The van der Waals surface area contributed by atoms with Gasteiger partial charge in [-0.1, -0.05) is 0 Å². The van der Waals surface area contributed by atoms with Gasteiger partial charge in [0.1, 0.15) is 17.1 Å². The SMILES string of the molecule is Cc1cc(-c2nc(-c3nc(C(N)=O)cc4c3cnn4C)n(C)n2)n(CCC(=O)O)n1. The van der Waals surface area contributed by atoms with E-state index in [4.69, 9.17) is 10.8 Å². The number of hydrogen-bond donors (Lipinski definition) is 2. The lowest BCUT2D eigenvalue weighted by molar-refractivity contribution is -0.137. The molecule has 0 bridgehead atoms. The van der Waals surface area contributed by atoms with Crippen LogP contribution in [0.5, 0.6) is 0 Å². The first kappa shape index (κ1) is 19.2. The van der Waals surface area contributed by atoms with E-state index in [-0.39, 0.29) is 18.7 Å². The summed E-state index contributed by atoms with van der Waals surface area (Å²) in [5.41, 5.74) is 7.95. The summed E-state index contributed by atoms with van der Waals surface area (Å²) >= 11 is 0. The molecule has 0 spiro atoms. The molecule has 0 aliphatic carbocycles. The van der Waals surface area contributed by atoms with Crippen molar-refractivity contribution < 1.29 is 14.7 Å². The van der Waals surface area contributed by atoms with Gasteiger partial charge in [-0.3, -0.25) is 19.0 Å². The molecule has 12 heteroatoms. The zero-order chi connectivity index (χ0) is 21.6. The number of carbonyl (C=O) groups is 2. The Balaban J connectivity index is 1.85. The van der Waals surface area contributed by atoms with Crippen molar-refractivity contribution in [1.82, 2.24) is 39.3 Å². The predicted octanol–water partition coefficient (Wildman–Crippen LogP) is 0.509. The highest BCUT2D eigenvalue weighted by Crippen LogP contribution is 2.28. The maximum atomic E-state index is 11.8. The summed E-state index contributed by atoms with van der Waals surface area (Å²) in [5.74, 6) is -0.809. The van der Waals surface area contributed by atoms with Crippen LogP contribution in [0.1, 0.15) is 22.6 Å². The molecular weight excluding hydrogens is 390 g/mol. The third-order valence-electron chi connectivity index (χ3n) is 4.64. The molecule has 0 radical (unpaired) electrons. The Hall–Kier alpha value is -4.09. The van der Waals surface area contributed by atoms with Crippen molar-refractivity contribution in [3.8, 4) is 23.0 Å². The number of primary amides is 1. The van der Waals surface area contributed by atoms with Gasteiger partial charge in [0.05, 0.1) is 30.4 Å². The summed E-state index contributed by atoms with van der Waals surface area (Å²) in [4.78, 5) is 31.7. The van der Waals surface area contributed by atoms with Crippen LogP contribution in [-0.4, -0.2) is 56.3 Å². The van der Waals surface area contributed by atoms with E-state index in [1.807, 2.05) is 6.92 Å². The molecule has 12 nitrogen and oxygen atoms in total. The summed E-state index contributed by atoms with van der Waals surface area (Å²) in [6.07, 6.45) is 1.56. The molecule has 0 saturated carbocycles. The van der Waals surface area contributed by atoms with Gasteiger partial charge in [-0.25, -0.2) is 14.6 Å². The molecule has 0 unspecified atom stereocenters. The minimum Gasteiger partial charge on any atom is -0.481 e. The number of pyridine rings is 1. The first-order chi connectivity index (χ1) is 14.2. The van der Waals surface area contributed by atoms with Gasteiger partial charge < -0.3 is 10.8 Å². The highest BCUT2D eigenvalue weighted by Gasteiger charge is 2.21. The lowest BCUT2D eigenvalue weighted by atomic mass is 10.2. The molecule has 0 saturated heterocycles. The van der Waals surface area contributed by atoms with Crippen LogP contribution in [0.15, 0.2) is 18.3 Å². The Labute approximate surface area is 170 Å². The second kappa shape index (κ2) is 7.06. The first-order valence-electron chi connectivity index (χ1n) is 9.05. The minimum absolute atomic E-state index is 0.0771. The zero-order valence-corrected chi connectivity index (χ0v) is 16.6. The summed E-state index contributed by atoms with van der Waals surface area (Å²) in [7, 11) is 3.46. The van der Waals surface area contributed by atoms with E-state index in [0.717, 1.165) is 0 Å². The minimum atomic E-state index is -0.921. The van der Waals surface area contributed by atoms with Crippen molar-refractivity contribution in [3.05, 3.63) is 29.7 Å². The van der Waals surface area contributed by atoms with Crippen LogP contribution in [0, 0.1) is 6.92 Å². The second-order valence-corrected chi connectivity index (χ2v) is 6.84. The van der Waals surface area contributed by atoms with Crippen molar-refractivity contribution in [2.45, 2.75) is 19.9 Å². The molecule has 154 valence electrons. The highest BCUT2D eigenvalue weighted by atomic mass is 16.4. The van der Waals surface area contributed by atoms with Gasteiger partial charge >= 0.3 is 5.97 Å². The summed E-state index contributed by atoms with van der Waals surface area (Å²) in [5, 5.41) is 22.7. The molecule has 4 heterocycles. The Morgan fingerprint density at radius 3 is 2.60 bits per heavy atom. The lowest BCUT2D eigenvalue weighted by Gasteiger charge is -2.04. The van der Waals surface area contributed by atoms with E-state index in [1.54, 1.807) is 46.5 Å². The predicted molar refractivity (Wildman–Crippen MR) is 105 cm³/mol. The average Bonchev–Trinajstić information content (AvgIpc) is 3.36. The summed E-state index contributed by atoms with van der Waals surface area (Å²) < 4.78 is 4.73. The molecule has 0 aromatic carbocycles. The number of rotatable bonds is 6. The zero-order valence-electron chi connectivity index (χ0n) is 16.6. The van der Waals surface area contributed by atoms with E-state index in [1.165, 1.54) is 0 Å². The molecule has 0 aliphatic rings. The van der Waals surface area contributed by atoms with Crippen molar-refractivity contribution in [2.75, 3.05) is 0 Å². The molecule has 4 rings (SSSR count). The van der Waals surface area contributed by atoms with Crippen LogP contribution >= 0.6 is 0 Å². The van der Waals surface area contributed by atoms with Gasteiger partial charge in [-0.15, -0.1) is 5.10 Å². The third kappa shape index (κ3) is 3.27. The first-order valence-corrected chi connectivity index (χ1v) is 9.05. The van der Waals surface area contributed by atoms with Crippen LogP contribution in [0.4, 0.5) is 0 Å². The van der Waals surface area contributed by atoms with Gasteiger partial charge in [0.2, 0.25) is 0 Å². The van der Waals surface area contributed by atoms with Gasteiger partial charge in [0, 0.05) is 19.5 Å². The number of carboxylic acids is 1. The number of hydrogen-bond acceptors (Lipinski definition) is 7. The lowest BCUT2D eigenvalue weighted by Crippen LogP contribution is -2.14. The van der Waals surface area contributed by atoms with Crippen LogP contribution in [0.2, 0.25) is 0 Å². The van der Waals surface area contributed by atoms with Gasteiger partial charge in [-0.2, -0.15) is 10.2 Å². The van der Waals surface area contributed by atoms with Crippen molar-refractivity contribution in [3.63, 3.8) is 0 Å². The molecule has 0 atom stereocenters. The van der Waals surface area contributed by atoms with Crippen molar-refractivity contribution >= 4 is 22.8 Å². The molecule has 0 fully saturated rings. The summed E-state index contributed by atoms with van der Waals surface area (Å²) in [6, 6.07) is 3.36. The Bertz CT molecular complexity index is 1300. The number of nitrogens with zero attached hydrogens (tertiary/aromatic N) is 8. The molecule has 30 heavy (non-hydrogen) atoms. The maximum Gasteiger partial charge on any atom is 0.305 e. The van der Waals surface area contributed by atoms with Crippen LogP contribution in [0.3, 0.4) is 0 Å². The standard InChI is InChI=1S/C18H19N9O3/c1-9-6-13(27(23-9)5-4-14(28)29)17-22-18(26(3)24-17)15-10-8-20-25(2)12(10)7-11(21-15)16(19)30/h6-8H,4-5H2,1-3H3,(H2,19,30)(H,28,29). The fourth-order valence-electron chi connectivity index (χ4n) is 3.24. The van der Waals surface area contributed by atoms with E-state index < -0.39 is 11.9 Å². The molecule has 0 aliphatic heterocycles. The number of nitrogens with two attached hydrogens (primary N) is 1. The summed E-state index contributed by atoms with van der Waals surface area (Å²) in [6.45, 7) is 2.00. The number of carbonyl (C=O) groups excluding carboxylic acids is 1. The largest absolute Gasteiger partial charge is 0.481 e. The topological polar surface area (TPSA) is 160 Å². The van der Waals surface area contributed by atoms with Crippen LogP contribution in [-0.2, 0) is 25.4 Å². The second-order valence-electron chi connectivity index (χ2n) is 6.84. The number of carboxylic acid groups (broad SMARTS) is 1. The quantitative estimate of drug-likeness (QED) is 0.466. The molecule has 4 aromatic heterocycles. The number of aliphatic carboxylic acids is 1.